The van der Waals surface area contributed by atoms with E-state index < -0.39 is 29.0 Å². The van der Waals surface area contributed by atoms with E-state index in [0.717, 1.165) is 12.1 Å². The van der Waals surface area contributed by atoms with Gasteiger partial charge in [-0.1, -0.05) is 0 Å². The second-order valence-corrected chi connectivity index (χ2v) is 2.33. The molecule has 0 bridgehead atoms. The highest BCUT2D eigenvalue weighted by Crippen LogP contribution is 2.09. The van der Waals surface area contributed by atoms with Crippen molar-refractivity contribution in [2.45, 2.75) is 0 Å². The van der Waals surface area contributed by atoms with E-state index in [1.54, 1.807) is 0 Å². The van der Waals surface area contributed by atoms with Crippen molar-refractivity contribution in [1.82, 2.24) is 0 Å². The monoisotopic (exact) mass is 185 g/mol. The number of rotatable bonds is 2. The average molecular weight is 185 g/mol. The third kappa shape index (κ3) is 2.01. The van der Waals surface area contributed by atoms with E-state index in [-0.39, 0.29) is 0 Å². The molecule has 5 nitrogen and oxygen atoms in total. The summed E-state index contributed by atoms with van der Waals surface area (Å²) >= 11 is 0. The van der Waals surface area contributed by atoms with Crippen molar-refractivity contribution in [2.24, 2.45) is 0 Å². The van der Waals surface area contributed by atoms with Gasteiger partial charge in [-0.2, -0.15) is 0 Å². The van der Waals surface area contributed by atoms with Crippen LogP contribution < -0.4 is 5.46 Å². The predicted molar refractivity (Wildman–Crippen MR) is 42.9 cm³/mol. The largest absolute Gasteiger partial charge is 0.495 e. The Morgan fingerprint density at radius 1 is 1.46 bits per heavy atom. The molecule has 0 fully saturated rings. The summed E-state index contributed by atoms with van der Waals surface area (Å²) in [5, 5.41) is 27.6. The van der Waals surface area contributed by atoms with Crippen LogP contribution in [0.25, 0.3) is 0 Å². The van der Waals surface area contributed by atoms with Crippen molar-refractivity contribution in [3.63, 3.8) is 0 Å². The zero-order chi connectivity index (χ0) is 10.0. The molecular weight excluding hydrogens is 180 g/mol. The number of hydrogen-bond donors (Lipinski definition) is 2. The molecule has 0 aliphatic rings. The van der Waals surface area contributed by atoms with Gasteiger partial charge in [-0.15, -0.1) is 0 Å². The van der Waals surface area contributed by atoms with Crippen LogP contribution in [-0.4, -0.2) is 22.1 Å². The lowest BCUT2D eigenvalue weighted by molar-refractivity contribution is -0.383. The van der Waals surface area contributed by atoms with Gasteiger partial charge in [-0.05, 0) is 12.1 Å². The Bertz CT molecular complexity index is 343. The van der Waals surface area contributed by atoms with Crippen molar-refractivity contribution in [3.8, 4) is 0 Å². The second-order valence-electron chi connectivity index (χ2n) is 2.33. The van der Waals surface area contributed by atoms with E-state index in [9.17, 15) is 14.5 Å². The minimum absolute atomic E-state index is 0.454. The van der Waals surface area contributed by atoms with Crippen LogP contribution in [0.4, 0.5) is 10.1 Å². The van der Waals surface area contributed by atoms with Crippen LogP contribution in [0, 0.1) is 15.9 Å². The third-order valence-corrected chi connectivity index (χ3v) is 1.46. The molecule has 0 aliphatic carbocycles. The van der Waals surface area contributed by atoms with Gasteiger partial charge in [0.15, 0.2) is 0 Å². The second kappa shape index (κ2) is 3.50. The van der Waals surface area contributed by atoms with Crippen molar-refractivity contribution in [3.05, 3.63) is 34.1 Å². The Balaban J connectivity index is 3.26. The number of nitro groups is 1. The molecule has 0 amide bonds. The van der Waals surface area contributed by atoms with Crippen LogP contribution in [-0.2, 0) is 0 Å². The van der Waals surface area contributed by atoms with Crippen molar-refractivity contribution >= 4 is 18.3 Å². The number of halogens is 1. The van der Waals surface area contributed by atoms with Gasteiger partial charge >= 0.3 is 7.12 Å². The normalized spacial score (nSPS) is 9.77. The SMILES string of the molecule is O=[N+]([O-])c1ccc(F)cc1B(O)O. The lowest BCUT2D eigenvalue weighted by Crippen LogP contribution is -2.32. The van der Waals surface area contributed by atoms with Crippen LogP contribution in [0.15, 0.2) is 18.2 Å². The molecule has 0 aliphatic heterocycles. The topological polar surface area (TPSA) is 83.6 Å². The van der Waals surface area contributed by atoms with Crippen LogP contribution in [0.3, 0.4) is 0 Å². The molecule has 0 atom stereocenters. The summed E-state index contributed by atoms with van der Waals surface area (Å²) in [6.07, 6.45) is 0. The fourth-order valence-electron chi connectivity index (χ4n) is 0.898. The quantitative estimate of drug-likeness (QED) is 0.366. The third-order valence-electron chi connectivity index (χ3n) is 1.46. The molecule has 1 rings (SSSR count). The fourth-order valence-corrected chi connectivity index (χ4v) is 0.898. The number of nitro benzene ring substituents is 1. The number of benzene rings is 1. The van der Waals surface area contributed by atoms with Gasteiger partial charge in [0.25, 0.3) is 5.69 Å². The summed E-state index contributed by atoms with van der Waals surface area (Å²) < 4.78 is 12.5. The Labute approximate surface area is 72.7 Å². The van der Waals surface area contributed by atoms with Crippen molar-refractivity contribution in [2.75, 3.05) is 0 Å². The Morgan fingerprint density at radius 3 is 2.54 bits per heavy atom. The molecule has 68 valence electrons. The molecule has 0 heterocycles. The van der Waals surface area contributed by atoms with Gasteiger partial charge in [0.2, 0.25) is 0 Å². The molecule has 0 saturated carbocycles. The first-order chi connectivity index (χ1) is 6.02. The first-order valence-electron chi connectivity index (χ1n) is 3.32. The summed E-state index contributed by atoms with van der Waals surface area (Å²) in [6, 6.07) is 2.47. The van der Waals surface area contributed by atoms with Gasteiger partial charge < -0.3 is 10.0 Å². The summed E-state index contributed by atoms with van der Waals surface area (Å²) in [7, 11) is -2.05. The highest BCUT2D eigenvalue weighted by Gasteiger charge is 2.23. The van der Waals surface area contributed by atoms with Crippen LogP contribution in [0.2, 0.25) is 0 Å². The van der Waals surface area contributed by atoms with E-state index in [0.29, 0.717) is 6.07 Å². The van der Waals surface area contributed by atoms with Crippen molar-refractivity contribution < 1.29 is 19.4 Å². The minimum Gasteiger partial charge on any atom is -0.423 e. The molecule has 13 heavy (non-hydrogen) atoms. The van der Waals surface area contributed by atoms with E-state index >= 15 is 0 Å². The highest BCUT2D eigenvalue weighted by atomic mass is 19.1. The van der Waals surface area contributed by atoms with Crippen LogP contribution >= 0.6 is 0 Å². The van der Waals surface area contributed by atoms with Gasteiger partial charge in [-0.25, -0.2) is 4.39 Å². The number of hydrogen-bond acceptors (Lipinski definition) is 4. The Morgan fingerprint density at radius 2 is 2.08 bits per heavy atom. The summed E-state index contributed by atoms with van der Waals surface area (Å²) in [5.41, 5.74) is -0.971. The summed E-state index contributed by atoms with van der Waals surface area (Å²) in [6.45, 7) is 0. The zero-order valence-electron chi connectivity index (χ0n) is 6.35. The van der Waals surface area contributed by atoms with E-state index in [2.05, 4.69) is 0 Å². The van der Waals surface area contributed by atoms with Crippen molar-refractivity contribution in [1.29, 1.82) is 0 Å². The maximum absolute atomic E-state index is 12.5. The lowest BCUT2D eigenvalue weighted by Gasteiger charge is -2.00. The number of nitrogens with zero attached hydrogens (tertiary/aromatic N) is 1. The van der Waals surface area contributed by atoms with Gasteiger partial charge in [0.1, 0.15) is 5.82 Å². The molecule has 0 radical (unpaired) electrons. The maximum atomic E-state index is 12.5. The fraction of sp³-hybridized carbons (Fsp3) is 0. The smallest absolute Gasteiger partial charge is 0.423 e. The molecule has 1 aromatic rings. The predicted octanol–water partition coefficient (Wildman–Crippen LogP) is -0.586. The van der Waals surface area contributed by atoms with E-state index in [1.807, 2.05) is 0 Å². The maximum Gasteiger partial charge on any atom is 0.495 e. The molecule has 0 spiro atoms. The molecule has 7 heteroatoms. The van der Waals surface area contributed by atoms with E-state index in [4.69, 9.17) is 10.0 Å². The van der Waals surface area contributed by atoms with Gasteiger partial charge in [0, 0.05) is 6.07 Å². The van der Waals surface area contributed by atoms with Gasteiger partial charge in [0.05, 0.1) is 10.4 Å². The molecule has 2 N–H and O–H groups in total. The molecule has 1 aromatic carbocycles. The molecule has 0 aromatic heterocycles. The van der Waals surface area contributed by atoms with E-state index in [1.165, 1.54) is 0 Å². The van der Waals surface area contributed by atoms with Crippen LogP contribution in [0.1, 0.15) is 0 Å². The minimum atomic E-state index is -2.05. The lowest BCUT2D eigenvalue weighted by atomic mass is 9.79. The zero-order valence-corrected chi connectivity index (χ0v) is 6.35. The Kier molecular flexibility index (Phi) is 2.59. The Hall–Kier alpha value is -1.47. The highest BCUT2D eigenvalue weighted by molar-refractivity contribution is 6.60. The summed E-state index contributed by atoms with van der Waals surface area (Å²) in [5.74, 6) is -0.756. The average Bonchev–Trinajstić information content (AvgIpc) is 2.03. The first-order valence-corrected chi connectivity index (χ1v) is 3.32. The summed E-state index contributed by atoms with van der Waals surface area (Å²) in [4.78, 5) is 9.49. The molecular formula is C6H5BFNO4. The van der Waals surface area contributed by atoms with Crippen LogP contribution in [0.5, 0.6) is 0 Å². The van der Waals surface area contributed by atoms with Gasteiger partial charge in [-0.3, -0.25) is 10.1 Å². The first kappa shape index (κ1) is 9.62. The molecule has 0 unspecified atom stereocenters. The standard InChI is InChI=1S/C6H5BFNO4/c8-4-1-2-6(9(12)13)5(3-4)7(10)11/h1-3,10-11H. The molecule has 0 saturated heterocycles.